The molecule has 0 unspecified atom stereocenters. The maximum Gasteiger partial charge on any atom is 0.255 e. The number of hydrogen-bond acceptors (Lipinski definition) is 7. The number of hydrogen-bond donors (Lipinski definition) is 2. The molecule has 9 nitrogen and oxygen atoms in total. The lowest BCUT2D eigenvalue weighted by atomic mass is 9.95. The van der Waals surface area contributed by atoms with Gasteiger partial charge >= 0.3 is 0 Å². The zero-order chi connectivity index (χ0) is 25.5. The molecule has 36 heavy (non-hydrogen) atoms. The molecule has 0 radical (unpaired) electrons. The average molecular weight is 528 g/mol. The first-order valence-electron chi connectivity index (χ1n) is 11.5. The minimum atomic E-state index is -0.213. The second kappa shape index (κ2) is 12.0. The van der Waals surface area contributed by atoms with Crippen LogP contribution in [0.15, 0.2) is 48.5 Å². The predicted molar refractivity (Wildman–Crippen MR) is 138 cm³/mol. The molecule has 1 fully saturated rings. The summed E-state index contributed by atoms with van der Waals surface area (Å²) in [5.41, 5.74) is 0.988. The standard InChI is InChI=1S/C25H26ClN5O4S/c1-35-18-6-4-5-17(15-18)22(32)27-12-9-21-29-30-25(36-21)28-23(33)16-10-13-31(14-11-16)24(34)19-7-2-3-8-20(19)26/h2-8,15-16H,9-14H2,1H3,(H,27,32)(H,28,30,33). The van der Waals surface area contributed by atoms with E-state index in [9.17, 15) is 14.4 Å². The molecule has 0 saturated carbocycles. The van der Waals surface area contributed by atoms with Crippen molar-refractivity contribution in [2.75, 3.05) is 32.1 Å². The van der Waals surface area contributed by atoms with Gasteiger partial charge < -0.3 is 20.3 Å². The van der Waals surface area contributed by atoms with Crippen molar-refractivity contribution in [3.8, 4) is 5.75 Å². The zero-order valence-electron chi connectivity index (χ0n) is 19.7. The first-order chi connectivity index (χ1) is 17.4. The maximum absolute atomic E-state index is 12.7. The van der Waals surface area contributed by atoms with Crippen molar-refractivity contribution in [3.05, 3.63) is 69.7 Å². The van der Waals surface area contributed by atoms with Gasteiger partial charge in [-0.2, -0.15) is 0 Å². The van der Waals surface area contributed by atoms with Crippen LogP contribution in [0.1, 0.15) is 38.6 Å². The van der Waals surface area contributed by atoms with E-state index in [4.69, 9.17) is 16.3 Å². The number of benzene rings is 2. The van der Waals surface area contributed by atoms with Crippen LogP contribution in [0.3, 0.4) is 0 Å². The monoisotopic (exact) mass is 527 g/mol. The normalized spacial score (nSPS) is 13.8. The first kappa shape index (κ1) is 25.6. The Morgan fingerprint density at radius 1 is 1.11 bits per heavy atom. The van der Waals surface area contributed by atoms with Crippen molar-refractivity contribution in [1.82, 2.24) is 20.4 Å². The highest BCUT2D eigenvalue weighted by Crippen LogP contribution is 2.24. The summed E-state index contributed by atoms with van der Waals surface area (Å²) in [4.78, 5) is 39.5. The Morgan fingerprint density at radius 3 is 2.64 bits per heavy atom. The molecule has 0 aliphatic carbocycles. The second-order valence-electron chi connectivity index (χ2n) is 8.27. The van der Waals surface area contributed by atoms with Crippen LogP contribution >= 0.6 is 22.9 Å². The number of carbonyl (C=O) groups is 3. The summed E-state index contributed by atoms with van der Waals surface area (Å²) in [6.07, 6.45) is 1.61. The van der Waals surface area contributed by atoms with Gasteiger partial charge in [-0.05, 0) is 43.2 Å². The Morgan fingerprint density at radius 2 is 1.89 bits per heavy atom. The summed E-state index contributed by atoms with van der Waals surface area (Å²) in [6, 6.07) is 13.9. The minimum absolute atomic E-state index is 0.119. The molecule has 1 aromatic heterocycles. The fraction of sp³-hybridized carbons (Fsp3) is 0.320. The molecule has 1 aliphatic rings. The molecule has 2 N–H and O–H groups in total. The summed E-state index contributed by atoms with van der Waals surface area (Å²) in [5, 5.41) is 15.4. The van der Waals surface area contributed by atoms with E-state index in [1.807, 2.05) is 0 Å². The van der Waals surface area contributed by atoms with Crippen LogP contribution in [0.25, 0.3) is 0 Å². The van der Waals surface area contributed by atoms with E-state index in [2.05, 4.69) is 20.8 Å². The summed E-state index contributed by atoms with van der Waals surface area (Å²) in [7, 11) is 1.55. The Labute approximate surface area is 217 Å². The van der Waals surface area contributed by atoms with Gasteiger partial charge in [0.2, 0.25) is 11.0 Å². The quantitative estimate of drug-likeness (QED) is 0.462. The highest BCUT2D eigenvalue weighted by atomic mass is 35.5. The molecule has 0 atom stereocenters. The fourth-order valence-corrected chi connectivity index (χ4v) is 4.87. The fourth-order valence-electron chi connectivity index (χ4n) is 3.91. The molecular weight excluding hydrogens is 502 g/mol. The van der Waals surface area contributed by atoms with E-state index in [1.165, 1.54) is 11.3 Å². The predicted octanol–water partition coefficient (Wildman–Crippen LogP) is 3.66. The Bertz CT molecular complexity index is 1240. The number of aromatic nitrogens is 2. The smallest absolute Gasteiger partial charge is 0.255 e. The third-order valence-electron chi connectivity index (χ3n) is 5.91. The lowest BCUT2D eigenvalue weighted by Crippen LogP contribution is -2.41. The molecule has 0 bridgehead atoms. The lowest BCUT2D eigenvalue weighted by molar-refractivity contribution is -0.121. The minimum Gasteiger partial charge on any atom is -0.497 e. The number of nitrogens with zero attached hydrogens (tertiary/aromatic N) is 3. The molecule has 3 amide bonds. The van der Waals surface area contributed by atoms with Crippen molar-refractivity contribution in [2.45, 2.75) is 19.3 Å². The Balaban J connectivity index is 1.21. The third kappa shape index (κ3) is 6.38. The van der Waals surface area contributed by atoms with Crippen LogP contribution < -0.4 is 15.4 Å². The van der Waals surface area contributed by atoms with E-state index in [1.54, 1.807) is 60.5 Å². The molecule has 1 aliphatic heterocycles. The molecular formula is C25H26ClN5O4S. The van der Waals surface area contributed by atoms with E-state index < -0.39 is 0 Å². The molecule has 4 rings (SSSR count). The molecule has 3 aromatic rings. The van der Waals surface area contributed by atoms with Gasteiger partial charge in [0.05, 0.1) is 17.7 Å². The summed E-state index contributed by atoms with van der Waals surface area (Å²) in [5.74, 6) is -0.0493. The number of methoxy groups -OCH3 is 1. The van der Waals surface area contributed by atoms with Crippen LogP contribution in [0.5, 0.6) is 5.75 Å². The number of nitrogens with one attached hydrogen (secondary N) is 2. The van der Waals surface area contributed by atoms with Gasteiger partial charge in [0.1, 0.15) is 10.8 Å². The Hall–Kier alpha value is -3.50. The number of ether oxygens (including phenoxy) is 1. The summed E-state index contributed by atoms with van der Waals surface area (Å²) >= 11 is 7.43. The van der Waals surface area contributed by atoms with E-state index >= 15 is 0 Å². The van der Waals surface area contributed by atoms with Crippen molar-refractivity contribution in [2.24, 2.45) is 5.92 Å². The van der Waals surface area contributed by atoms with Gasteiger partial charge in [-0.15, -0.1) is 10.2 Å². The van der Waals surface area contributed by atoms with Gasteiger partial charge in [0, 0.05) is 37.5 Å². The first-order valence-corrected chi connectivity index (χ1v) is 12.7. The van der Waals surface area contributed by atoms with Crippen LogP contribution in [-0.4, -0.2) is 59.6 Å². The summed E-state index contributed by atoms with van der Waals surface area (Å²) < 4.78 is 5.14. The largest absolute Gasteiger partial charge is 0.497 e. The average Bonchev–Trinajstić information content (AvgIpc) is 3.35. The van der Waals surface area contributed by atoms with Crippen molar-refractivity contribution >= 4 is 45.8 Å². The number of likely N-dealkylation sites (tertiary alicyclic amines) is 1. The molecule has 1 saturated heterocycles. The summed E-state index contributed by atoms with van der Waals surface area (Å²) in [6.45, 7) is 1.35. The highest BCUT2D eigenvalue weighted by molar-refractivity contribution is 7.15. The number of rotatable bonds is 8. The van der Waals surface area contributed by atoms with E-state index in [0.717, 1.165) is 0 Å². The number of halogens is 1. The molecule has 2 aromatic carbocycles. The number of amides is 3. The molecule has 0 spiro atoms. The van der Waals surface area contributed by atoms with Crippen LogP contribution in [0.4, 0.5) is 5.13 Å². The van der Waals surface area contributed by atoms with E-state index in [-0.39, 0.29) is 23.6 Å². The third-order valence-corrected chi connectivity index (χ3v) is 7.14. The van der Waals surface area contributed by atoms with Gasteiger partial charge in [-0.25, -0.2) is 0 Å². The topological polar surface area (TPSA) is 114 Å². The van der Waals surface area contributed by atoms with Gasteiger partial charge in [-0.1, -0.05) is 41.1 Å². The number of piperidine rings is 1. The second-order valence-corrected chi connectivity index (χ2v) is 9.74. The Kier molecular flexibility index (Phi) is 8.50. The zero-order valence-corrected chi connectivity index (χ0v) is 21.3. The van der Waals surface area contributed by atoms with Crippen LogP contribution in [0, 0.1) is 5.92 Å². The van der Waals surface area contributed by atoms with Crippen LogP contribution in [-0.2, 0) is 11.2 Å². The molecule has 11 heteroatoms. The van der Waals surface area contributed by atoms with Crippen molar-refractivity contribution in [3.63, 3.8) is 0 Å². The molecule has 188 valence electrons. The van der Waals surface area contributed by atoms with Gasteiger partial charge in [-0.3, -0.25) is 14.4 Å². The van der Waals surface area contributed by atoms with Crippen molar-refractivity contribution < 1.29 is 19.1 Å². The van der Waals surface area contributed by atoms with E-state index in [0.29, 0.717) is 70.9 Å². The van der Waals surface area contributed by atoms with Crippen molar-refractivity contribution in [1.29, 1.82) is 0 Å². The SMILES string of the molecule is COc1cccc(C(=O)NCCc2nnc(NC(=O)C3CCN(C(=O)c4ccccc4Cl)CC3)s2)c1. The highest BCUT2D eigenvalue weighted by Gasteiger charge is 2.29. The number of anilines is 1. The van der Waals surface area contributed by atoms with Gasteiger partial charge in [0.15, 0.2) is 0 Å². The number of carbonyl (C=O) groups excluding carboxylic acids is 3. The maximum atomic E-state index is 12.7. The lowest BCUT2D eigenvalue weighted by Gasteiger charge is -2.31. The molecule has 2 heterocycles. The van der Waals surface area contributed by atoms with Gasteiger partial charge in [0.25, 0.3) is 11.8 Å². The van der Waals surface area contributed by atoms with Crippen LogP contribution in [0.2, 0.25) is 5.02 Å².